The molecule has 2 N–H and O–H groups in total. The maximum Gasteiger partial charge on any atom is 0.161 e. The Morgan fingerprint density at radius 2 is 2.05 bits per heavy atom. The highest BCUT2D eigenvalue weighted by Crippen LogP contribution is 2.28. The Morgan fingerprint density at radius 1 is 1.24 bits per heavy atom. The van der Waals surface area contributed by atoms with E-state index in [0.29, 0.717) is 0 Å². The molecule has 0 fully saturated rings. The average molecular weight is 291 g/mol. The van der Waals surface area contributed by atoms with Crippen LogP contribution in [0.1, 0.15) is 44.6 Å². The summed E-state index contributed by atoms with van der Waals surface area (Å²) in [5.74, 6) is 1.61. The van der Waals surface area contributed by atoms with Gasteiger partial charge in [-0.1, -0.05) is 19.1 Å². The van der Waals surface area contributed by atoms with Crippen LogP contribution in [0.2, 0.25) is 0 Å². The first-order valence-electron chi connectivity index (χ1n) is 7.87. The van der Waals surface area contributed by atoms with Crippen LogP contribution in [0.15, 0.2) is 30.9 Å². The van der Waals surface area contributed by atoms with E-state index in [2.05, 4.69) is 25.6 Å². The van der Waals surface area contributed by atoms with Crippen molar-refractivity contribution in [2.24, 2.45) is 5.73 Å². The number of nitrogens with two attached hydrogens (primary N) is 1. The molecule has 0 bridgehead atoms. The maximum absolute atomic E-state index is 6.01. The summed E-state index contributed by atoms with van der Waals surface area (Å²) in [7, 11) is 1.67. The van der Waals surface area contributed by atoms with E-state index in [0.717, 1.165) is 50.2 Å². The van der Waals surface area contributed by atoms with Crippen molar-refractivity contribution >= 4 is 0 Å². The fraction of sp³-hybridized carbons (Fsp3) is 0.556. The molecular weight excluding hydrogens is 262 g/mol. The Hall–Kier alpha value is -1.48. The van der Waals surface area contributed by atoms with Crippen molar-refractivity contribution < 1.29 is 9.47 Å². The molecule has 0 aliphatic heterocycles. The first-order valence-corrected chi connectivity index (χ1v) is 7.87. The van der Waals surface area contributed by atoms with Gasteiger partial charge in [-0.05, 0) is 56.2 Å². The normalized spacial score (nSPS) is 12.0. The van der Waals surface area contributed by atoms with E-state index in [-0.39, 0.29) is 6.04 Å². The third-order valence-electron chi connectivity index (χ3n) is 3.56. The minimum Gasteiger partial charge on any atom is -0.493 e. The summed E-state index contributed by atoms with van der Waals surface area (Å²) in [5.41, 5.74) is 7.21. The molecule has 0 amide bonds. The standard InChI is InChI=1S/C18H29NO2/c1-4-6-7-8-9-12-21-18-14-15(13-16(19)5-2)10-11-17(18)20-3/h4,10-11,14,16H,1,5-9,12-13,19H2,2-3H3. The summed E-state index contributed by atoms with van der Waals surface area (Å²) < 4.78 is 11.2. The summed E-state index contributed by atoms with van der Waals surface area (Å²) in [5, 5.41) is 0. The van der Waals surface area contributed by atoms with Crippen LogP contribution in [-0.4, -0.2) is 19.8 Å². The van der Waals surface area contributed by atoms with Crippen LogP contribution in [0, 0.1) is 0 Å². The zero-order valence-corrected chi connectivity index (χ0v) is 13.4. The van der Waals surface area contributed by atoms with Gasteiger partial charge in [-0.3, -0.25) is 0 Å². The van der Waals surface area contributed by atoms with E-state index >= 15 is 0 Å². The summed E-state index contributed by atoms with van der Waals surface area (Å²) in [6, 6.07) is 6.28. The minimum absolute atomic E-state index is 0.199. The van der Waals surface area contributed by atoms with Crippen molar-refractivity contribution in [1.82, 2.24) is 0 Å². The molecule has 0 saturated carbocycles. The molecule has 0 spiro atoms. The van der Waals surface area contributed by atoms with Crippen molar-refractivity contribution in [2.75, 3.05) is 13.7 Å². The molecule has 3 nitrogen and oxygen atoms in total. The van der Waals surface area contributed by atoms with Gasteiger partial charge in [-0.2, -0.15) is 0 Å². The predicted molar refractivity (Wildman–Crippen MR) is 89.1 cm³/mol. The number of allylic oxidation sites excluding steroid dienone is 1. The molecule has 1 aromatic rings. The van der Waals surface area contributed by atoms with Crippen LogP contribution in [0.3, 0.4) is 0 Å². The molecule has 3 heteroatoms. The van der Waals surface area contributed by atoms with Gasteiger partial charge in [0.2, 0.25) is 0 Å². The molecule has 118 valence electrons. The fourth-order valence-electron chi connectivity index (χ4n) is 2.16. The van der Waals surface area contributed by atoms with Crippen LogP contribution < -0.4 is 15.2 Å². The Morgan fingerprint density at radius 3 is 2.71 bits per heavy atom. The van der Waals surface area contributed by atoms with Gasteiger partial charge < -0.3 is 15.2 Å². The smallest absolute Gasteiger partial charge is 0.161 e. The lowest BCUT2D eigenvalue weighted by molar-refractivity contribution is 0.285. The topological polar surface area (TPSA) is 44.5 Å². The van der Waals surface area contributed by atoms with E-state index in [4.69, 9.17) is 15.2 Å². The summed E-state index contributed by atoms with van der Waals surface area (Å²) in [6.45, 7) is 6.56. The molecule has 0 aromatic heterocycles. The fourth-order valence-corrected chi connectivity index (χ4v) is 2.16. The second-order valence-corrected chi connectivity index (χ2v) is 5.34. The van der Waals surface area contributed by atoms with E-state index in [1.54, 1.807) is 7.11 Å². The van der Waals surface area contributed by atoms with E-state index < -0.39 is 0 Å². The van der Waals surface area contributed by atoms with Crippen molar-refractivity contribution in [3.63, 3.8) is 0 Å². The van der Waals surface area contributed by atoms with Gasteiger partial charge in [0.15, 0.2) is 11.5 Å². The predicted octanol–water partition coefficient (Wildman–Crippen LogP) is 4.10. The lowest BCUT2D eigenvalue weighted by Crippen LogP contribution is -2.21. The Balaban J connectivity index is 2.53. The SMILES string of the molecule is C=CCCCCCOc1cc(CC(N)CC)ccc1OC. The maximum atomic E-state index is 6.01. The Labute approximate surface area is 129 Å². The molecule has 1 rings (SSSR count). The molecule has 1 aromatic carbocycles. The second kappa shape index (κ2) is 10.3. The van der Waals surface area contributed by atoms with Crippen molar-refractivity contribution in [2.45, 2.75) is 51.5 Å². The van der Waals surface area contributed by atoms with Gasteiger partial charge >= 0.3 is 0 Å². The second-order valence-electron chi connectivity index (χ2n) is 5.34. The van der Waals surface area contributed by atoms with E-state index in [9.17, 15) is 0 Å². The van der Waals surface area contributed by atoms with E-state index in [1.165, 1.54) is 12.0 Å². The number of ether oxygens (including phenoxy) is 2. The number of methoxy groups -OCH3 is 1. The number of hydrogen-bond donors (Lipinski definition) is 1. The molecule has 0 aliphatic carbocycles. The lowest BCUT2D eigenvalue weighted by Gasteiger charge is -2.14. The zero-order valence-electron chi connectivity index (χ0n) is 13.4. The van der Waals surface area contributed by atoms with Gasteiger partial charge in [0, 0.05) is 6.04 Å². The van der Waals surface area contributed by atoms with Crippen molar-refractivity contribution in [1.29, 1.82) is 0 Å². The highest BCUT2D eigenvalue weighted by Gasteiger charge is 2.08. The largest absolute Gasteiger partial charge is 0.493 e. The number of unbranched alkanes of at least 4 members (excludes halogenated alkanes) is 3. The molecule has 0 radical (unpaired) electrons. The van der Waals surface area contributed by atoms with Gasteiger partial charge in [0.05, 0.1) is 13.7 Å². The molecular formula is C18H29NO2. The zero-order chi connectivity index (χ0) is 15.5. The summed E-state index contributed by atoms with van der Waals surface area (Å²) in [4.78, 5) is 0. The number of benzene rings is 1. The first kappa shape index (κ1) is 17.6. The highest BCUT2D eigenvalue weighted by molar-refractivity contribution is 5.43. The Kier molecular flexibility index (Phi) is 8.60. The van der Waals surface area contributed by atoms with Gasteiger partial charge in [-0.25, -0.2) is 0 Å². The first-order chi connectivity index (χ1) is 10.2. The van der Waals surface area contributed by atoms with Crippen molar-refractivity contribution in [3.8, 4) is 11.5 Å². The minimum atomic E-state index is 0.199. The van der Waals surface area contributed by atoms with Crippen LogP contribution in [0.4, 0.5) is 0 Å². The average Bonchev–Trinajstić information content (AvgIpc) is 2.51. The quantitative estimate of drug-likeness (QED) is 0.493. The van der Waals surface area contributed by atoms with Gasteiger partial charge in [-0.15, -0.1) is 6.58 Å². The monoisotopic (exact) mass is 291 g/mol. The molecule has 0 heterocycles. The summed E-state index contributed by atoms with van der Waals surface area (Å²) >= 11 is 0. The van der Waals surface area contributed by atoms with Crippen LogP contribution >= 0.6 is 0 Å². The Bertz CT molecular complexity index is 418. The van der Waals surface area contributed by atoms with Crippen LogP contribution in [0.25, 0.3) is 0 Å². The molecule has 1 unspecified atom stereocenters. The molecule has 21 heavy (non-hydrogen) atoms. The number of hydrogen-bond acceptors (Lipinski definition) is 3. The third kappa shape index (κ3) is 6.67. The van der Waals surface area contributed by atoms with Gasteiger partial charge in [0.25, 0.3) is 0 Å². The lowest BCUT2D eigenvalue weighted by atomic mass is 10.0. The number of rotatable bonds is 11. The molecule has 1 atom stereocenters. The van der Waals surface area contributed by atoms with Crippen LogP contribution in [0.5, 0.6) is 11.5 Å². The molecule has 0 saturated heterocycles. The van der Waals surface area contributed by atoms with Crippen molar-refractivity contribution in [3.05, 3.63) is 36.4 Å². The van der Waals surface area contributed by atoms with Crippen LogP contribution in [-0.2, 0) is 6.42 Å². The summed E-state index contributed by atoms with van der Waals surface area (Å²) in [6.07, 6.45) is 8.28. The highest BCUT2D eigenvalue weighted by atomic mass is 16.5. The van der Waals surface area contributed by atoms with Gasteiger partial charge in [0.1, 0.15) is 0 Å². The molecule has 0 aliphatic rings. The van der Waals surface area contributed by atoms with E-state index in [1.807, 2.05) is 12.1 Å². The third-order valence-corrected chi connectivity index (χ3v) is 3.56.